The maximum absolute atomic E-state index is 9.97. The summed E-state index contributed by atoms with van der Waals surface area (Å²) in [5.41, 5.74) is 2.12. The van der Waals surface area contributed by atoms with Gasteiger partial charge in [0.25, 0.3) is 0 Å². The van der Waals surface area contributed by atoms with Crippen molar-refractivity contribution in [3.05, 3.63) is 11.8 Å². The summed E-state index contributed by atoms with van der Waals surface area (Å²) >= 11 is 0. The Morgan fingerprint density at radius 1 is 1.60 bits per heavy atom. The van der Waals surface area contributed by atoms with Crippen molar-refractivity contribution >= 4 is 5.71 Å². The molecule has 0 amide bonds. The summed E-state index contributed by atoms with van der Waals surface area (Å²) in [4.78, 5) is 4.36. The molecule has 1 heterocycles. The van der Waals surface area contributed by atoms with Crippen LogP contribution in [0.4, 0.5) is 0 Å². The molecule has 1 rings (SSSR count). The summed E-state index contributed by atoms with van der Waals surface area (Å²) in [6, 6.07) is 0. The summed E-state index contributed by atoms with van der Waals surface area (Å²) in [6.07, 6.45) is 4.96. The number of ether oxygens (including phenoxy) is 1. The highest BCUT2D eigenvalue weighted by atomic mass is 16.5. The molecule has 1 aliphatic heterocycles. The third-order valence-corrected chi connectivity index (χ3v) is 2.63. The van der Waals surface area contributed by atoms with E-state index in [0.29, 0.717) is 13.0 Å². The second-order valence-corrected chi connectivity index (χ2v) is 3.77. The SMILES string of the molecule is CCO/C=C(\CC)C(O)CC1=NCCC1. The molecule has 0 aliphatic carbocycles. The van der Waals surface area contributed by atoms with Crippen molar-refractivity contribution in [3.8, 4) is 0 Å². The van der Waals surface area contributed by atoms with Gasteiger partial charge in [0.15, 0.2) is 0 Å². The van der Waals surface area contributed by atoms with Crippen LogP contribution >= 0.6 is 0 Å². The van der Waals surface area contributed by atoms with Gasteiger partial charge in [0.05, 0.1) is 19.0 Å². The highest BCUT2D eigenvalue weighted by Crippen LogP contribution is 2.16. The van der Waals surface area contributed by atoms with Gasteiger partial charge in [0.2, 0.25) is 0 Å². The molecule has 0 aromatic rings. The van der Waals surface area contributed by atoms with Gasteiger partial charge in [-0.15, -0.1) is 0 Å². The third-order valence-electron chi connectivity index (χ3n) is 2.63. The van der Waals surface area contributed by atoms with Crippen molar-refractivity contribution in [3.63, 3.8) is 0 Å². The minimum absolute atomic E-state index is 0.418. The lowest BCUT2D eigenvalue weighted by atomic mass is 10.0. The summed E-state index contributed by atoms with van der Waals surface area (Å²) < 4.78 is 5.21. The number of rotatable bonds is 6. The predicted molar refractivity (Wildman–Crippen MR) is 62.2 cm³/mol. The predicted octanol–water partition coefficient (Wildman–Crippen LogP) is 2.30. The molecule has 3 heteroatoms. The van der Waals surface area contributed by atoms with Crippen LogP contribution in [0.15, 0.2) is 16.8 Å². The number of aliphatic imine (C=N–C) groups is 1. The van der Waals surface area contributed by atoms with Gasteiger partial charge in [-0.3, -0.25) is 4.99 Å². The zero-order chi connectivity index (χ0) is 11.1. The largest absolute Gasteiger partial charge is 0.501 e. The second kappa shape index (κ2) is 6.62. The second-order valence-electron chi connectivity index (χ2n) is 3.77. The molecule has 1 unspecified atom stereocenters. The lowest BCUT2D eigenvalue weighted by Gasteiger charge is -2.13. The van der Waals surface area contributed by atoms with E-state index in [0.717, 1.165) is 37.1 Å². The van der Waals surface area contributed by atoms with E-state index in [-0.39, 0.29) is 0 Å². The molecule has 1 atom stereocenters. The maximum atomic E-state index is 9.97. The van der Waals surface area contributed by atoms with Gasteiger partial charge in [-0.05, 0) is 31.8 Å². The molecule has 86 valence electrons. The minimum atomic E-state index is -0.418. The van der Waals surface area contributed by atoms with Gasteiger partial charge in [-0.1, -0.05) is 6.92 Å². The van der Waals surface area contributed by atoms with Crippen LogP contribution in [-0.4, -0.2) is 30.1 Å². The average molecular weight is 211 g/mol. The maximum Gasteiger partial charge on any atom is 0.0846 e. The summed E-state index contributed by atoms with van der Waals surface area (Å²) in [5.74, 6) is 0. The Balaban J connectivity index is 2.45. The van der Waals surface area contributed by atoms with Crippen LogP contribution in [0.2, 0.25) is 0 Å². The first-order chi connectivity index (χ1) is 7.27. The molecule has 0 bridgehead atoms. The van der Waals surface area contributed by atoms with Crippen molar-refractivity contribution in [2.24, 2.45) is 4.99 Å². The molecule has 0 aromatic carbocycles. The fourth-order valence-corrected chi connectivity index (χ4v) is 1.71. The molecule has 0 spiro atoms. The first-order valence-electron chi connectivity index (χ1n) is 5.78. The van der Waals surface area contributed by atoms with Gasteiger partial charge in [0, 0.05) is 18.7 Å². The van der Waals surface area contributed by atoms with E-state index in [1.807, 2.05) is 13.8 Å². The Labute approximate surface area is 91.9 Å². The van der Waals surface area contributed by atoms with Gasteiger partial charge >= 0.3 is 0 Å². The highest BCUT2D eigenvalue weighted by Gasteiger charge is 2.15. The van der Waals surface area contributed by atoms with Gasteiger partial charge in [0.1, 0.15) is 0 Å². The molecule has 0 fully saturated rings. The van der Waals surface area contributed by atoms with Crippen LogP contribution in [-0.2, 0) is 4.74 Å². The van der Waals surface area contributed by atoms with Crippen LogP contribution in [0, 0.1) is 0 Å². The first kappa shape index (κ1) is 12.2. The Morgan fingerprint density at radius 3 is 2.93 bits per heavy atom. The van der Waals surface area contributed by atoms with Crippen LogP contribution in [0.25, 0.3) is 0 Å². The highest BCUT2D eigenvalue weighted by molar-refractivity contribution is 5.86. The van der Waals surface area contributed by atoms with E-state index >= 15 is 0 Å². The summed E-state index contributed by atoms with van der Waals surface area (Å²) in [7, 11) is 0. The topological polar surface area (TPSA) is 41.8 Å². The summed E-state index contributed by atoms with van der Waals surface area (Å²) in [6.45, 7) is 5.55. The molecule has 0 saturated carbocycles. The molecule has 1 N–H and O–H groups in total. The Hall–Kier alpha value is -0.830. The molecule has 0 radical (unpaired) electrons. The van der Waals surface area contributed by atoms with E-state index in [1.54, 1.807) is 6.26 Å². The van der Waals surface area contributed by atoms with Crippen molar-refractivity contribution < 1.29 is 9.84 Å². The van der Waals surface area contributed by atoms with Gasteiger partial charge in [-0.2, -0.15) is 0 Å². The number of aliphatic hydroxyl groups excluding tert-OH is 1. The van der Waals surface area contributed by atoms with Crippen molar-refractivity contribution in [1.82, 2.24) is 0 Å². The fourth-order valence-electron chi connectivity index (χ4n) is 1.71. The number of nitrogens with zero attached hydrogens (tertiary/aromatic N) is 1. The lowest BCUT2D eigenvalue weighted by molar-refractivity contribution is 0.199. The van der Waals surface area contributed by atoms with Crippen molar-refractivity contribution in [2.75, 3.05) is 13.2 Å². The minimum Gasteiger partial charge on any atom is -0.501 e. The molecule has 15 heavy (non-hydrogen) atoms. The summed E-state index contributed by atoms with van der Waals surface area (Å²) in [5, 5.41) is 9.97. The Morgan fingerprint density at radius 2 is 2.40 bits per heavy atom. The monoisotopic (exact) mass is 211 g/mol. The molecule has 3 nitrogen and oxygen atoms in total. The van der Waals surface area contributed by atoms with E-state index in [1.165, 1.54) is 0 Å². The average Bonchev–Trinajstić information content (AvgIpc) is 2.71. The normalized spacial score (nSPS) is 18.9. The number of aliphatic hydroxyl groups is 1. The third kappa shape index (κ3) is 4.04. The zero-order valence-corrected chi connectivity index (χ0v) is 9.70. The van der Waals surface area contributed by atoms with E-state index in [9.17, 15) is 5.11 Å². The standard InChI is InChI=1S/C12H21NO2/c1-3-10(9-15-4-2)12(14)8-11-6-5-7-13-11/h9,12,14H,3-8H2,1-2H3/b10-9+. The van der Waals surface area contributed by atoms with E-state index in [4.69, 9.17) is 4.74 Å². The fraction of sp³-hybridized carbons (Fsp3) is 0.750. The molecule has 0 aromatic heterocycles. The Kier molecular flexibility index (Phi) is 5.40. The molecular weight excluding hydrogens is 190 g/mol. The van der Waals surface area contributed by atoms with Crippen LogP contribution in [0.3, 0.4) is 0 Å². The number of hydrogen-bond donors (Lipinski definition) is 1. The van der Waals surface area contributed by atoms with Crippen molar-refractivity contribution in [2.45, 2.75) is 45.6 Å². The van der Waals surface area contributed by atoms with Crippen LogP contribution in [0.1, 0.15) is 39.5 Å². The van der Waals surface area contributed by atoms with Crippen LogP contribution < -0.4 is 0 Å². The van der Waals surface area contributed by atoms with Gasteiger partial charge in [-0.25, -0.2) is 0 Å². The van der Waals surface area contributed by atoms with E-state index < -0.39 is 6.10 Å². The van der Waals surface area contributed by atoms with Crippen molar-refractivity contribution in [1.29, 1.82) is 0 Å². The molecular formula is C12H21NO2. The lowest BCUT2D eigenvalue weighted by Crippen LogP contribution is -2.15. The first-order valence-corrected chi connectivity index (χ1v) is 5.78. The number of hydrogen-bond acceptors (Lipinski definition) is 3. The quantitative estimate of drug-likeness (QED) is 0.685. The molecule has 1 aliphatic rings. The van der Waals surface area contributed by atoms with Crippen LogP contribution in [0.5, 0.6) is 0 Å². The van der Waals surface area contributed by atoms with Gasteiger partial charge < -0.3 is 9.84 Å². The smallest absolute Gasteiger partial charge is 0.0846 e. The molecule has 0 saturated heterocycles. The Bertz CT molecular complexity index is 246. The van der Waals surface area contributed by atoms with E-state index in [2.05, 4.69) is 4.99 Å². The zero-order valence-electron chi connectivity index (χ0n) is 9.70.